The van der Waals surface area contributed by atoms with Gasteiger partial charge >= 0.3 is 12.4 Å². The van der Waals surface area contributed by atoms with Gasteiger partial charge in [-0.15, -0.1) is 11.3 Å². The van der Waals surface area contributed by atoms with Gasteiger partial charge in [-0.1, -0.05) is 25.3 Å². The van der Waals surface area contributed by atoms with Crippen LogP contribution in [-0.2, 0) is 11.0 Å². The van der Waals surface area contributed by atoms with Crippen LogP contribution in [0.1, 0.15) is 12.5 Å². The van der Waals surface area contributed by atoms with Crippen LogP contribution in [-0.4, -0.2) is 26.9 Å². The van der Waals surface area contributed by atoms with Crippen molar-refractivity contribution in [2.75, 3.05) is 16.0 Å². The van der Waals surface area contributed by atoms with Crippen LogP contribution in [0.5, 0.6) is 0 Å². The molecule has 0 amide bonds. The summed E-state index contributed by atoms with van der Waals surface area (Å²) in [5.41, 5.74) is 1.15. The molecule has 0 fully saturated rings. The van der Waals surface area contributed by atoms with Gasteiger partial charge in [-0.05, 0) is 42.0 Å². The Morgan fingerprint density at radius 1 is 1.00 bits per heavy atom. The topological polar surface area (TPSA) is 91.8 Å². The number of carbonyl (C=O) groups is 1. The number of benzene rings is 2. The number of anilines is 5. The van der Waals surface area contributed by atoms with Crippen LogP contribution in [0.25, 0.3) is 11.1 Å². The Morgan fingerprint density at radius 2 is 1.67 bits per heavy atom. The molecule has 3 N–H and O–H groups in total. The lowest BCUT2D eigenvalue weighted by Crippen LogP contribution is -2.18. The van der Waals surface area contributed by atoms with Crippen LogP contribution >= 0.6 is 11.3 Å². The molecule has 0 bridgehead atoms. The first-order chi connectivity index (χ1) is 19.7. The molecule has 220 valence electrons. The van der Waals surface area contributed by atoms with E-state index in [0.29, 0.717) is 34.6 Å². The number of hydrogen-bond acceptors (Lipinski definition) is 8. The molecule has 0 aliphatic heterocycles. The molecular formula is C27H21F7N6OS. The molecule has 0 aliphatic carbocycles. The molecule has 0 aliphatic rings. The highest BCUT2D eigenvalue weighted by Crippen LogP contribution is 2.35. The first-order valence-electron chi connectivity index (χ1n) is 11.6. The molecule has 4 aromatic rings. The van der Waals surface area contributed by atoms with Gasteiger partial charge in [0.1, 0.15) is 11.6 Å². The van der Waals surface area contributed by atoms with E-state index in [9.17, 15) is 35.5 Å². The smallest absolute Gasteiger partial charge is 0.356 e. The minimum Gasteiger partial charge on any atom is -0.356 e. The molecule has 42 heavy (non-hydrogen) atoms. The summed E-state index contributed by atoms with van der Waals surface area (Å²) in [5.74, 6) is -1.97. The van der Waals surface area contributed by atoms with Gasteiger partial charge in [-0.3, -0.25) is 10.1 Å². The molecule has 0 radical (unpaired) electrons. The Morgan fingerprint density at radius 3 is 2.21 bits per heavy atom. The lowest BCUT2D eigenvalue weighted by molar-refractivity contribution is -0.168. The summed E-state index contributed by atoms with van der Waals surface area (Å²) in [6.07, 6.45) is -4.55. The highest BCUT2D eigenvalue weighted by molar-refractivity contribution is 7.13. The number of allylic oxidation sites excluding steroid dienone is 1. The van der Waals surface area contributed by atoms with Crippen LogP contribution in [0.3, 0.4) is 0 Å². The second-order valence-corrected chi connectivity index (χ2v) is 9.12. The number of carbonyl (C=O) groups excluding carboxylic acids is 1. The molecule has 2 heterocycles. The zero-order valence-corrected chi connectivity index (χ0v) is 22.4. The average Bonchev–Trinajstić information content (AvgIpc) is 3.43. The van der Waals surface area contributed by atoms with Crippen LogP contribution in [0, 0.1) is 5.82 Å². The number of nitrogens with zero attached hydrogens (tertiary/aromatic N) is 3. The lowest BCUT2D eigenvalue weighted by atomic mass is 10.1. The summed E-state index contributed by atoms with van der Waals surface area (Å²) in [7, 11) is 0. The predicted octanol–water partition coefficient (Wildman–Crippen LogP) is 8.49. The minimum absolute atomic E-state index is 0.0823. The quantitative estimate of drug-likeness (QED) is 0.136. The summed E-state index contributed by atoms with van der Waals surface area (Å²) >= 11 is 1.33. The van der Waals surface area contributed by atoms with Gasteiger partial charge in [-0.2, -0.15) is 31.3 Å². The first kappa shape index (κ1) is 31.7. The molecule has 4 rings (SSSR count). The van der Waals surface area contributed by atoms with Crippen LogP contribution < -0.4 is 16.0 Å². The van der Waals surface area contributed by atoms with Crippen molar-refractivity contribution in [1.29, 1.82) is 0 Å². The number of Topliss-reactive ketones (excluding diaryl/α,β-unsaturated/α-hetero) is 1. The molecule has 2 aromatic heterocycles. The number of thiazole rings is 1. The molecule has 0 atom stereocenters. The van der Waals surface area contributed by atoms with Crippen LogP contribution in [0.4, 0.5) is 59.0 Å². The van der Waals surface area contributed by atoms with E-state index in [1.54, 1.807) is 11.6 Å². The minimum atomic E-state index is -4.64. The summed E-state index contributed by atoms with van der Waals surface area (Å²) in [4.78, 5) is 22.1. The maximum absolute atomic E-state index is 14.7. The van der Waals surface area contributed by atoms with Crippen molar-refractivity contribution in [3.8, 4) is 11.1 Å². The van der Waals surface area contributed by atoms with E-state index in [0.717, 1.165) is 12.1 Å². The SMILES string of the molecule is C=CC(=C)Nc1ccc(F)c(Nc2nc(Nc3nccs3)ncc2-c2ccc(C(F)(F)F)cc2)c1.CC(=O)C(F)(F)F. The number of alkyl halides is 6. The average molecular weight is 611 g/mol. The maximum atomic E-state index is 14.7. The summed E-state index contributed by atoms with van der Waals surface area (Å²) in [6.45, 7) is 7.88. The van der Waals surface area contributed by atoms with Crippen molar-refractivity contribution in [3.63, 3.8) is 0 Å². The molecule has 0 spiro atoms. The van der Waals surface area contributed by atoms with E-state index in [2.05, 4.69) is 44.1 Å². The van der Waals surface area contributed by atoms with E-state index < -0.39 is 29.5 Å². The van der Waals surface area contributed by atoms with E-state index in [1.165, 1.54) is 53.9 Å². The predicted molar refractivity (Wildman–Crippen MR) is 147 cm³/mol. The van der Waals surface area contributed by atoms with Gasteiger partial charge in [0.25, 0.3) is 0 Å². The van der Waals surface area contributed by atoms with Crippen molar-refractivity contribution in [1.82, 2.24) is 15.0 Å². The number of ketones is 1. The largest absolute Gasteiger partial charge is 0.449 e. The number of aromatic nitrogens is 3. The number of hydrogen-bond donors (Lipinski definition) is 3. The second-order valence-electron chi connectivity index (χ2n) is 8.22. The summed E-state index contributed by atoms with van der Waals surface area (Å²) < 4.78 is 86.2. The van der Waals surface area contributed by atoms with Gasteiger partial charge in [-0.25, -0.2) is 14.4 Å². The van der Waals surface area contributed by atoms with Crippen molar-refractivity contribution < 1.29 is 35.5 Å². The molecule has 7 nitrogen and oxygen atoms in total. The van der Waals surface area contributed by atoms with Gasteiger partial charge in [0.15, 0.2) is 5.13 Å². The van der Waals surface area contributed by atoms with Gasteiger partial charge in [0, 0.05) is 41.6 Å². The zero-order chi connectivity index (χ0) is 31.1. The number of halogens is 7. The third-order valence-electron chi connectivity index (χ3n) is 5.13. The Balaban J connectivity index is 0.000000616. The molecule has 0 unspecified atom stereocenters. The van der Waals surface area contributed by atoms with Crippen molar-refractivity contribution >= 4 is 45.4 Å². The first-order valence-corrected chi connectivity index (χ1v) is 12.5. The van der Waals surface area contributed by atoms with Crippen molar-refractivity contribution in [2.24, 2.45) is 0 Å². The molecule has 0 saturated carbocycles. The Bertz CT molecular complexity index is 1550. The van der Waals surface area contributed by atoms with Crippen molar-refractivity contribution in [2.45, 2.75) is 19.3 Å². The van der Waals surface area contributed by atoms with Gasteiger partial charge in [0.05, 0.1) is 11.3 Å². The van der Waals surface area contributed by atoms with E-state index in [4.69, 9.17) is 0 Å². The summed E-state index contributed by atoms with van der Waals surface area (Å²) in [5, 5.41) is 11.2. The standard InChI is InChI=1S/C24H18F4N6S.C3H3F3O/c1-3-14(2)31-17-8-9-19(25)20(12-17)32-21-18(15-4-6-16(7-5-15)24(26,27)28)13-30-22(33-21)34-23-29-10-11-35-23;1-2(7)3(4,5)6/h3-13,31H,1-2H2,(H2,29,30,32,33,34);1H3. The third-order valence-corrected chi connectivity index (χ3v) is 5.82. The van der Waals surface area contributed by atoms with Gasteiger partial charge < -0.3 is 10.6 Å². The Kier molecular flexibility index (Phi) is 10.0. The van der Waals surface area contributed by atoms with Crippen LogP contribution in [0.2, 0.25) is 0 Å². The molecular weight excluding hydrogens is 589 g/mol. The fourth-order valence-corrected chi connectivity index (χ4v) is 3.55. The van der Waals surface area contributed by atoms with Crippen LogP contribution in [0.15, 0.2) is 85.2 Å². The van der Waals surface area contributed by atoms with Crippen molar-refractivity contribution in [3.05, 3.63) is 96.5 Å². The van der Waals surface area contributed by atoms with E-state index in [1.807, 2.05) is 0 Å². The number of nitrogens with one attached hydrogen (secondary N) is 3. The third kappa shape index (κ3) is 8.86. The molecule has 0 saturated heterocycles. The Labute approximate surface area is 238 Å². The Hall–Kier alpha value is -4.79. The number of rotatable bonds is 8. The van der Waals surface area contributed by atoms with E-state index >= 15 is 0 Å². The highest BCUT2D eigenvalue weighted by Gasteiger charge is 2.33. The lowest BCUT2D eigenvalue weighted by Gasteiger charge is -2.15. The molecule has 15 heteroatoms. The van der Waals surface area contributed by atoms with Gasteiger partial charge in [0.2, 0.25) is 11.7 Å². The molecule has 2 aromatic carbocycles. The normalized spacial score (nSPS) is 11.1. The summed E-state index contributed by atoms with van der Waals surface area (Å²) in [6, 6.07) is 8.85. The highest BCUT2D eigenvalue weighted by atomic mass is 32.1. The fraction of sp³-hybridized carbons (Fsp3) is 0.111. The fourth-order valence-electron chi connectivity index (χ4n) is 3.03. The van der Waals surface area contributed by atoms with E-state index in [-0.39, 0.29) is 17.5 Å². The second kappa shape index (κ2) is 13.2. The zero-order valence-electron chi connectivity index (χ0n) is 21.6. The maximum Gasteiger partial charge on any atom is 0.449 e. The monoisotopic (exact) mass is 610 g/mol.